The maximum absolute atomic E-state index is 12.8. The molecule has 22 heavy (non-hydrogen) atoms. The van der Waals surface area contributed by atoms with Crippen LogP contribution in [0.25, 0.3) is 6.08 Å². The van der Waals surface area contributed by atoms with Crippen LogP contribution in [-0.2, 0) is 6.18 Å². The number of anilines is 1. The fourth-order valence-electron chi connectivity index (χ4n) is 2.65. The van der Waals surface area contributed by atoms with Gasteiger partial charge in [-0.25, -0.2) is 0 Å². The predicted molar refractivity (Wildman–Crippen MR) is 72.5 cm³/mol. The first-order chi connectivity index (χ1) is 10.1. The molecule has 0 bridgehead atoms. The number of nitrogens with zero attached hydrogens (tertiary/aromatic N) is 1. The van der Waals surface area contributed by atoms with Crippen molar-refractivity contribution in [1.29, 1.82) is 0 Å². The van der Waals surface area contributed by atoms with Gasteiger partial charge >= 0.3 is 12.4 Å². The zero-order valence-electron chi connectivity index (χ0n) is 11.6. The molecule has 1 unspecified atom stereocenters. The van der Waals surface area contributed by atoms with Gasteiger partial charge in [-0.3, -0.25) is 0 Å². The number of hydrogen-bond acceptors (Lipinski definition) is 1. The van der Waals surface area contributed by atoms with Crippen molar-refractivity contribution in [3.05, 3.63) is 35.9 Å². The van der Waals surface area contributed by atoms with Gasteiger partial charge in [0.2, 0.25) is 0 Å². The van der Waals surface area contributed by atoms with Crippen LogP contribution in [0.15, 0.2) is 24.8 Å². The summed E-state index contributed by atoms with van der Waals surface area (Å²) in [5.41, 5.74) is -0.287. The number of rotatable bonds is 2. The molecule has 1 fully saturated rings. The van der Waals surface area contributed by atoms with E-state index < -0.39 is 23.8 Å². The Hall–Kier alpha value is -1.66. The molecule has 0 amide bonds. The Bertz CT molecular complexity index is 546. The Labute approximate surface area is 124 Å². The Balaban J connectivity index is 2.30. The number of hydrogen-bond donors (Lipinski definition) is 0. The third-order valence-electron chi connectivity index (χ3n) is 3.80. The van der Waals surface area contributed by atoms with Gasteiger partial charge in [0.1, 0.15) is 0 Å². The molecule has 1 nitrogen and oxygen atoms in total. The molecular formula is C15H15F6N. The number of alkyl halides is 6. The predicted octanol–water partition coefficient (Wildman–Crippen LogP) is 5.13. The molecule has 7 heteroatoms. The van der Waals surface area contributed by atoms with Crippen molar-refractivity contribution in [2.45, 2.75) is 25.2 Å². The van der Waals surface area contributed by atoms with Gasteiger partial charge < -0.3 is 4.90 Å². The average Bonchev–Trinajstić information content (AvgIpc) is 2.45. The zero-order valence-corrected chi connectivity index (χ0v) is 11.6. The molecule has 2 rings (SSSR count). The van der Waals surface area contributed by atoms with Crippen LogP contribution >= 0.6 is 0 Å². The smallest absolute Gasteiger partial charge is 0.370 e. The van der Waals surface area contributed by atoms with Crippen molar-refractivity contribution >= 4 is 11.8 Å². The summed E-state index contributed by atoms with van der Waals surface area (Å²) in [6.07, 6.45) is -7.15. The minimum Gasteiger partial charge on any atom is -0.370 e. The van der Waals surface area contributed by atoms with E-state index in [2.05, 4.69) is 6.58 Å². The van der Waals surface area contributed by atoms with Crippen LogP contribution in [0.3, 0.4) is 0 Å². The van der Waals surface area contributed by atoms with Crippen LogP contribution in [-0.4, -0.2) is 19.3 Å². The summed E-state index contributed by atoms with van der Waals surface area (Å²) in [5, 5.41) is 0. The normalized spacial score (nSPS) is 20.1. The van der Waals surface area contributed by atoms with Crippen LogP contribution in [0, 0.1) is 5.92 Å². The summed E-state index contributed by atoms with van der Waals surface area (Å²) in [4.78, 5) is 1.48. The second-order valence-electron chi connectivity index (χ2n) is 5.30. The van der Waals surface area contributed by atoms with E-state index in [0.717, 1.165) is 12.1 Å². The molecule has 1 aliphatic rings. The summed E-state index contributed by atoms with van der Waals surface area (Å²) in [7, 11) is 0. The van der Waals surface area contributed by atoms with Crippen LogP contribution in [0.5, 0.6) is 0 Å². The molecule has 1 heterocycles. The van der Waals surface area contributed by atoms with Gasteiger partial charge in [-0.15, -0.1) is 0 Å². The second kappa shape index (κ2) is 5.85. The summed E-state index contributed by atoms with van der Waals surface area (Å²) >= 11 is 0. The summed E-state index contributed by atoms with van der Waals surface area (Å²) in [6.45, 7) is 3.61. The monoisotopic (exact) mass is 323 g/mol. The van der Waals surface area contributed by atoms with Crippen LogP contribution in [0.4, 0.5) is 32.0 Å². The van der Waals surface area contributed by atoms with Gasteiger partial charge in [-0.2, -0.15) is 26.3 Å². The highest BCUT2D eigenvalue weighted by Gasteiger charge is 2.42. The fourth-order valence-corrected chi connectivity index (χ4v) is 2.65. The highest BCUT2D eigenvalue weighted by molar-refractivity contribution is 5.68. The molecule has 1 atom stereocenters. The van der Waals surface area contributed by atoms with Gasteiger partial charge in [-0.1, -0.05) is 12.7 Å². The minimum absolute atomic E-state index is 0.0457. The third kappa shape index (κ3) is 3.56. The third-order valence-corrected chi connectivity index (χ3v) is 3.80. The molecule has 0 aliphatic carbocycles. The Morgan fingerprint density at radius 1 is 1.14 bits per heavy atom. The van der Waals surface area contributed by atoms with E-state index in [1.165, 1.54) is 17.0 Å². The van der Waals surface area contributed by atoms with E-state index in [4.69, 9.17) is 0 Å². The second-order valence-corrected chi connectivity index (χ2v) is 5.30. The number of piperidine rings is 1. The van der Waals surface area contributed by atoms with E-state index in [1.807, 2.05) is 0 Å². The van der Waals surface area contributed by atoms with Crippen LogP contribution < -0.4 is 4.90 Å². The maximum atomic E-state index is 12.8. The van der Waals surface area contributed by atoms with Gasteiger partial charge in [0, 0.05) is 18.8 Å². The number of halogens is 6. The van der Waals surface area contributed by atoms with Gasteiger partial charge in [-0.05, 0) is 36.6 Å². The first kappa shape index (κ1) is 16.7. The summed E-state index contributed by atoms with van der Waals surface area (Å²) in [6, 6.07) is 3.03. The molecule has 1 aliphatic heterocycles. The first-order valence-electron chi connectivity index (χ1n) is 6.78. The molecule has 0 N–H and O–H groups in total. The van der Waals surface area contributed by atoms with Crippen molar-refractivity contribution in [3.63, 3.8) is 0 Å². The molecule has 0 saturated carbocycles. The SMILES string of the molecule is C=Cc1cc(C(F)(F)F)ccc1N1CCCC(C(F)(F)F)C1. The average molecular weight is 323 g/mol. The largest absolute Gasteiger partial charge is 0.416 e. The molecule has 0 radical (unpaired) electrons. The Morgan fingerprint density at radius 2 is 1.82 bits per heavy atom. The van der Waals surface area contributed by atoms with E-state index in [1.54, 1.807) is 0 Å². The van der Waals surface area contributed by atoms with Crippen LogP contribution in [0.1, 0.15) is 24.0 Å². The minimum atomic E-state index is -4.49. The molecule has 0 spiro atoms. The Kier molecular flexibility index (Phi) is 4.44. The molecule has 122 valence electrons. The van der Waals surface area contributed by atoms with E-state index in [-0.39, 0.29) is 18.5 Å². The van der Waals surface area contributed by atoms with Crippen molar-refractivity contribution in [1.82, 2.24) is 0 Å². The van der Waals surface area contributed by atoms with E-state index in [0.29, 0.717) is 18.7 Å². The lowest BCUT2D eigenvalue weighted by Gasteiger charge is -2.36. The molecule has 1 aromatic carbocycles. The van der Waals surface area contributed by atoms with E-state index in [9.17, 15) is 26.3 Å². The molecule has 0 aromatic heterocycles. The Morgan fingerprint density at radius 3 is 2.36 bits per heavy atom. The van der Waals surface area contributed by atoms with Crippen molar-refractivity contribution in [3.8, 4) is 0 Å². The summed E-state index contributed by atoms with van der Waals surface area (Å²) < 4.78 is 76.6. The summed E-state index contributed by atoms with van der Waals surface area (Å²) in [5.74, 6) is -1.46. The lowest BCUT2D eigenvalue weighted by Crippen LogP contribution is -2.42. The van der Waals surface area contributed by atoms with Crippen molar-refractivity contribution in [2.75, 3.05) is 18.0 Å². The lowest BCUT2D eigenvalue weighted by molar-refractivity contribution is -0.176. The highest BCUT2D eigenvalue weighted by Crippen LogP contribution is 2.37. The van der Waals surface area contributed by atoms with Crippen molar-refractivity contribution < 1.29 is 26.3 Å². The molecular weight excluding hydrogens is 308 g/mol. The lowest BCUT2D eigenvalue weighted by atomic mass is 9.96. The standard InChI is InChI=1S/C15H15F6N/c1-2-10-8-11(14(16,17)18)5-6-13(10)22-7-3-4-12(9-22)15(19,20)21/h2,5-6,8,12H,1,3-4,7,9H2. The quantitative estimate of drug-likeness (QED) is 0.682. The molecule has 1 saturated heterocycles. The zero-order chi connectivity index (χ0) is 16.5. The first-order valence-corrected chi connectivity index (χ1v) is 6.78. The van der Waals surface area contributed by atoms with Crippen LogP contribution in [0.2, 0.25) is 0 Å². The highest BCUT2D eigenvalue weighted by atomic mass is 19.4. The number of benzene rings is 1. The van der Waals surface area contributed by atoms with E-state index >= 15 is 0 Å². The van der Waals surface area contributed by atoms with Gasteiger partial charge in [0.25, 0.3) is 0 Å². The topological polar surface area (TPSA) is 3.24 Å². The van der Waals surface area contributed by atoms with Gasteiger partial charge in [0.05, 0.1) is 11.5 Å². The van der Waals surface area contributed by atoms with Crippen molar-refractivity contribution in [2.24, 2.45) is 5.92 Å². The fraction of sp³-hybridized carbons (Fsp3) is 0.467. The van der Waals surface area contributed by atoms with Gasteiger partial charge in [0.15, 0.2) is 0 Å². The molecule has 1 aromatic rings. The maximum Gasteiger partial charge on any atom is 0.416 e.